The van der Waals surface area contributed by atoms with E-state index in [-0.39, 0.29) is 11.7 Å². The maximum absolute atomic E-state index is 12.0. The van der Waals surface area contributed by atoms with Crippen LogP contribution in [0, 0.1) is 0 Å². The van der Waals surface area contributed by atoms with E-state index < -0.39 is 6.03 Å². The fourth-order valence-corrected chi connectivity index (χ4v) is 5.35. The molecule has 0 aliphatic rings. The van der Waals surface area contributed by atoms with Crippen LogP contribution in [0.2, 0.25) is 0 Å². The topological polar surface area (TPSA) is 84.0 Å². The third kappa shape index (κ3) is 8.01. The third-order valence-electron chi connectivity index (χ3n) is 4.27. The Hall–Kier alpha value is -2.36. The van der Waals surface area contributed by atoms with Crippen LogP contribution in [-0.4, -0.2) is 27.9 Å². The second kappa shape index (κ2) is 11.9. The molecule has 2 aromatic carbocycles. The quantitative estimate of drug-likeness (QED) is 0.423. The standard InChI is InChI=1S/C22H24N4O2S3/c1-15(2)18-10-8-17(9-11-18)13-29-21-25-26-22(31-21)30-14-19(27)24-20(28)23-12-16-6-4-3-5-7-16/h3-11,15H,12-14H2,1-2H3,(H2,23,24,27,28). The summed E-state index contributed by atoms with van der Waals surface area (Å²) in [5, 5.41) is 13.3. The first-order valence-corrected chi connectivity index (χ1v) is 12.6. The Balaban J connectivity index is 1.37. The van der Waals surface area contributed by atoms with Crippen molar-refractivity contribution in [3.05, 3.63) is 71.3 Å². The zero-order valence-electron chi connectivity index (χ0n) is 17.3. The van der Waals surface area contributed by atoms with Gasteiger partial charge in [-0.05, 0) is 22.6 Å². The molecular formula is C22H24N4O2S3. The van der Waals surface area contributed by atoms with Gasteiger partial charge in [0.25, 0.3) is 0 Å². The molecule has 0 unspecified atom stereocenters. The summed E-state index contributed by atoms with van der Waals surface area (Å²) in [5.41, 5.74) is 3.53. The van der Waals surface area contributed by atoms with E-state index in [4.69, 9.17) is 0 Å². The Labute approximate surface area is 194 Å². The van der Waals surface area contributed by atoms with Gasteiger partial charge in [0.15, 0.2) is 8.68 Å². The van der Waals surface area contributed by atoms with Gasteiger partial charge in [0.05, 0.1) is 5.75 Å². The number of hydrogen-bond donors (Lipinski definition) is 2. The molecule has 9 heteroatoms. The highest BCUT2D eigenvalue weighted by atomic mass is 32.2. The second-order valence-electron chi connectivity index (χ2n) is 7.02. The maximum atomic E-state index is 12.0. The molecule has 0 saturated carbocycles. The minimum Gasteiger partial charge on any atom is -0.334 e. The van der Waals surface area contributed by atoms with Crippen LogP contribution in [0.25, 0.3) is 0 Å². The van der Waals surface area contributed by atoms with Gasteiger partial charge in [-0.2, -0.15) is 0 Å². The van der Waals surface area contributed by atoms with Crippen LogP contribution in [0.4, 0.5) is 4.79 Å². The lowest BCUT2D eigenvalue weighted by molar-refractivity contribution is -0.117. The zero-order valence-corrected chi connectivity index (χ0v) is 19.8. The van der Waals surface area contributed by atoms with Crippen molar-refractivity contribution in [2.75, 3.05) is 5.75 Å². The summed E-state index contributed by atoms with van der Waals surface area (Å²) in [6, 6.07) is 17.6. The first-order valence-electron chi connectivity index (χ1n) is 9.79. The highest BCUT2D eigenvalue weighted by Crippen LogP contribution is 2.30. The number of rotatable bonds is 9. The molecule has 0 atom stereocenters. The van der Waals surface area contributed by atoms with Gasteiger partial charge in [-0.3, -0.25) is 10.1 Å². The first kappa shape index (κ1) is 23.3. The summed E-state index contributed by atoms with van der Waals surface area (Å²) in [7, 11) is 0. The second-order valence-corrected chi connectivity index (χ2v) is 10.4. The molecule has 0 radical (unpaired) electrons. The number of hydrogen-bond acceptors (Lipinski definition) is 7. The van der Waals surface area contributed by atoms with Crippen LogP contribution < -0.4 is 10.6 Å². The molecule has 31 heavy (non-hydrogen) atoms. The normalized spacial score (nSPS) is 10.8. The van der Waals surface area contributed by atoms with Crippen LogP contribution >= 0.6 is 34.9 Å². The molecule has 3 rings (SSSR count). The summed E-state index contributed by atoms with van der Waals surface area (Å²) in [6.45, 7) is 4.73. The van der Waals surface area contributed by atoms with Crippen molar-refractivity contribution in [2.45, 2.75) is 40.7 Å². The number of carbonyl (C=O) groups is 2. The number of urea groups is 1. The molecular weight excluding hydrogens is 448 g/mol. The maximum Gasteiger partial charge on any atom is 0.321 e. The van der Waals surface area contributed by atoms with Crippen molar-refractivity contribution in [2.24, 2.45) is 0 Å². The molecule has 1 heterocycles. The fraction of sp³-hybridized carbons (Fsp3) is 0.273. The van der Waals surface area contributed by atoms with Crippen molar-refractivity contribution in [3.8, 4) is 0 Å². The van der Waals surface area contributed by atoms with E-state index in [1.165, 1.54) is 34.2 Å². The number of aromatic nitrogens is 2. The molecule has 0 aliphatic heterocycles. The smallest absolute Gasteiger partial charge is 0.321 e. The van der Waals surface area contributed by atoms with E-state index in [9.17, 15) is 9.59 Å². The summed E-state index contributed by atoms with van der Waals surface area (Å²) in [6.07, 6.45) is 0. The van der Waals surface area contributed by atoms with Crippen LogP contribution in [0.3, 0.4) is 0 Å². The molecule has 1 aromatic heterocycles. The molecule has 3 aromatic rings. The minimum absolute atomic E-state index is 0.106. The lowest BCUT2D eigenvalue weighted by Crippen LogP contribution is -2.39. The zero-order chi connectivity index (χ0) is 22.1. The Morgan fingerprint density at radius 1 is 0.935 bits per heavy atom. The van der Waals surface area contributed by atoms with Gasteiger partial charge in [-0.1, -0.05) is 103 Å². The molecule has 0 fully saturated rings. The predicted molar refractivity (Wildman–Crippen MR) is 128 cm³/mol. The van der Waals surface area contributed by atoms with E-state index in [0.29, 0.717) is 16.8 Å². The molecule has 0 saturated heterocycles. The van der Waals surface area contributed by atoms with Crippen LogP contribution in [0.5, 0.6) is 0 Å². The van der Waals surface area contributed by atoms with Gasteiger partial charge in [0.1, 0.15) is 0 Å². The number of thioether (sulfide) groups is 2. The fourth-order valence-electron chi connectivity index (χ4n) is 2.57. The van der Waals surface area contributed by atoms with Crippen molar-refractivity contribution in [1.82, 2.24) is 20.8 Å². The highest BCUT2D eigenvalue weighted by Gasteiger charge is 2.11. The van der Waals surface area contributed by atoms with E-state index >= 15 is 0 Å². The number of carbonyl (C=O) groups excluding carboxylic acids is 2. The van der Waals surface area contributed by atoms with Crippen molar-refractivity contribution >= 4 is 46.8 Å². The van der Waals surface area contributed by atoms with E-state index in [0.717, 1.165) is 15.7 Å². The lowest BCUT2D eigenvalue weighted by atomic mass is 10.0. The average Bonchev–Trinajstić information content (AvgIpc) is 3.24. The van der Waals surface area contributed by atoms with Gasteiger partial charge < -0.3 is 5.32 Å². The monoisotopic (exact) mass is 472 g/mol. The average molecular weight is 473 g/mol. The Bertz CT molecular complexity index is 992. The van der Waals surface area contributed by atoms with Gasteiger partial charge in [-0.15, -0.1) is 10.2 Å². The van der Waals surface area contributed by atoms with E-state index in [2.05, 4.69) is 58.9 Å². The number of imide groups is 1. The molecule has 162 valence electrons. The van der Waals surface area contributed by atoms with Gasteiger partial charge in [-0.25, -0.2) is 4.79 Å². The van der Waals surface area contributed by atoms with Gasteiger partial charge in [0.2, 0.25) is 5.91 Å². The highest BCUT2D eigenvalue weighted by molar-refractivity contribution is 8.03. The Kier molecular flexibility index (Phi) is 8.93. The Morgan fingerprint density at radius 2 is 1.61 bits per heavy atom. The van der Waals surface area contributed by atoms with E-state index in [1.807, 2.05) is 30.3 Å². The SMILES string of the molecule is CC(C)c1ccc(CSc2nnc(SCC(=O)NC(=O)NCc3ccccc3)s2)cc1. The van der Waals surface area contributed by atoms with Gasteiger partial charge >= 0.3 is 6.03 Å². The number of benzene rings is 2. The van der Waals surface area contributed by atoms with Crippen LogP contribution in [0.1, 0.15) is 36.5 Å². The first-order chi connectivity index (χ1) is 15.0. The number of amides is 3. The minimum atomic E-state index is -0.508. The van der Waals surface area contributed by atoms with Gasteiger partial charge in [0, 0.05) is 12.3 Å². The van der Waals surface area contributed by atoms with Crippen LogP contribution in [-0.2, 0) is 17.1 Å². The lowest BCUT2D eigenvalue weighted by Gasteiger charge is -2.06. The molecule has 3 amide bonds. The van der Waals surface area contributed by atoms with Crippen LogP contribution in [0.15, 0.2) is 63.3 Å². The van der Waals surface area contributed by atoms with Crippen molar-refractivity contribution < 1.29 is 9.59 Å². The summed E-state index contributed by atoms with van der Waals surface area (Å²) >= 11 is 4.35. The van der Waals surface area contributed by atoms with Crippen molar-refractivity contribution in [3.63, 3.8) is 0 Å². The number of nitrogens with one attached hydrogen (secondary N) is 2. The number of nitrogens with zero attached hydrogens (tertiary/aromatic N) is 2. The predicted octanol–water partition coefficient (Wildman–Crippen LogP) is 5.07. The molecule has 0 spiro atoms. The largest absolute Gasteiger partial charge is 0.334 e. The summed E-state index contributed by atoms with van der Waals surface area (Å²) < 4.78 is 1.56. The molecule has 0 bridgehead atoms. The summed E-state index contributed by atoms with van der Waals surface area (Å²) in [4.78, 5) is 23.8. The molecule has 6 nitrogen and oxygen atoms in total. The summed E-state index contributed by atoms with van der Waals surface area (Å²) in [5.74, 6) is 1.08. The Morgan fingerprint density at radius 3 is 2.29 bits per heavy atom. The molecule has 2 N–H and O–H groups in total. The third-order valence-corrected chi connectivity index (χ3v) is 7.53. The van der Waals surface area contributed by atoms with Crippen molar-refractivity contribution in [1.29, 1.82) is 0 Å². The molecule has 0 aliphatic carbocycles. The van der Waals surface area contributed by atoms with E-state index in [1.54, 1.807) is 11.8 Å².